The number of hydrogen-bond donors (Lipinski definition) is 2. The van der Waals surface area contributed by atoms with Gasteiger partial charge in [-0.1, -0.05) is 45.9 Å². The van der Waals surface area contributed by atoms with E-state index in [0.29, 0.717) is 0 Å². The maximum atomic E-state index is 10.8. The van der Waals surface area contributed by atoms with Crippen LogP contribution >= 0.6 is 0 Å². The zero-order valence-corrected chi connectivity index (χ0v) is 14.3. The second-order valence-corrected chi connectivity index (χ2v) is 8.23. The summed E-state index contributed by atoms with van der Waals surface area (Å²) in [5.41, 5.74) is 1.66. The molecule has 5 atom stereocenters. The maximum Gasteiger partial charge on any atom is 0.102 e. The third kappa shape index (κ3) is 2.60. The van der Waals surface area contributed by atoms with Gasteiger partial charge in [-0.15, -0.1) is 0 Å². The van der Waals surface area contributed by atoms with Gasteiger partial charge in [0.05, 0.1) is 18.6 Å². The lowest BCUT2D eigenvalue weighted by molar-refractivity contribution is -0.150. The van der Waals surface area contributed by atoms with Gasteiger partial charge in [0, 0.05) is 11.5 Å². The molecule has 1 heterocycles. The first kappa shape index (κ1) is 16.5. The molecule has 0 aromatic carbocycles. The molecule has 3 rings (SSSR count). The van der Waals surface area contributed by atoms with Crippen molar-refractivity contribution in [3.63, 3.8) is 0 Å². The van der Waals surface area contributed by atoms with Crippen molar-refractivity contribution >= 4 is 6.08 Å². The molecule has 2 aliphatic carbocycles. The van der Waals surface area contributed by atoms with Crippen LogP contribution in [0.3, 0.4) is 0 Å². The van der Waals surface area contributed by atoms with Gasteiger partial charge in [0.2, 0.25) is 0 Å². The molecule has 0 bridgehead atoms. The summed E-state index contributed by atoms with van der Waals surface area (Å²) in [5.74, 6) is 0.114. The molecule has 1 aromatic heterocycles. The number of rotatable bonds is 2. The van der Waals surface area contributed by atoms with Crippen LogP contribution in [0.2, 0.25) is 0 Å². The van der Waals surface area contributed by atoms with Crippen LogP contribution in [0.15, 0.2) is 41.2 Å². The van der Waals surface area contributed by atoms with Crippen LogP contribution in [0, 0.1) is 22.7 Å². The van der Waals surface area contributed by atoms with Crippen molar-refractivity contribution in [2.75, 3.05) is 0 Å². The Labute approximate surface area is 138 Å². The predicted molar refractivity (Wildman–Crippen MR) is 91.6 cm³/mol. The number of furan rings is 1. The summed E-state index contributed by atoms with van der Waals surface area (Å²) in [5, 5.41) is 21.3. The van der Waals surface area contributed by atoms with Gasteiger partial charge in [0.1, 0.15) is 6.10 Å². The summed E-state index contributed by atoms with van der Waals surface area (Å²) >= 11 is 0. The Morgan fingerprint density at radius 1 is 1.26 bits per heavy atom. The van der Waals surface area contributed by atoms with E-state index in [-0.39, 0.29) is 22.7 Å². The van der Waals surface area contributed by atoms with Gasteiger partial charge in [0.15, 0.2) is 0 Å². The largest absolute Gasteiger partial charge is 0.472 e. The van der Waals surface area contributed by atoms with Crippen LogP contribution in [0.1, 0.15) is 45.6 Å². The number of aliphatic hydroxyl groups excluding tert-OH is 2. The summed E-state index contributed by atoms with van der Waals surface area (Å²) in [7, 11) is 0. The number of fused-ring (bicyclic) bond motifs is 1. The van der Waals surface area contributed by atoms with E-state index in [1.165, 1.54) is 0 Å². The van der Waals surface area contributed by atoms with Crippen LogP contribution in [0.4, 0.5) is 0 Å². The Kier molecular flexibility index (Phi) is 4.06. The standard InChI is InChI=1S/C20H28O3/c1-13-15(7-6-14-8-11-23-12-14)20(4)10-5-9-19(2,3)18(20)17(22)16(13)21/h6-8,11-12,15-18,21-22H,1,5,9-10H2,2-4H3/b7-6-/t15-,16?,17?,18?,20+/m0/s1. The zero-order valence-electron chi connectivity index (χ0n) is 14.3. The fraction of sp³-hybridized carbons (Fsp3) is 0.600. The molecule has 2 fully saturated rings. The minimum Gasteiger partial charge on any atom is -0.472 e. The summed E-state index contributed by atoms with van der Waals surface area (Å²) in [6.07, 6.45) is 9.22. The molecule has 2 N–H and O–H groups in total. The van der Waals surface area contributed by atoms with Crippen molar-refractivity contribution < 1.29 is 14.6 Å². The molecule has 126 valence electrons. The van der Waals surface area contributed by atoms with Crippen LogP contribution < -0.4 is 0 Å². The summed E-state index contributed by atoms with van der Waals surface area (Å²) < 4.78 is 5.12. The Balaban J connectivity index is 2.01. The molecular weight excluding hydrogens is 288 g/mol. The van der Waals surface area contributed by atoms with Crippen LogP contribution in [0.5, 0.6) is 0 Å². The van der Waals surface area contributed by atoms with Crippen LogP contribution in [-0.2, 0) is 0 Å². The van der Waals surface area contributed by atoms with Gasteiger partial charge < -0.3 is 14.6 Å². The third-order valence-corrected chi connectivity index (χ3v) is 6.27. The van der Waals surface area contributed by atoms with E-state index in [1.54, 1.807) is 12.5 Å². The van der Waals surface area contributed by atoms with Gasteiger partial charge in [-0.3, -0.25) is 0 Å². The molecule has 3 unspecified atom stereocenters. The van der Waals surface area contributed by atoms with Crippen LogP contribution in [0.25, 0.3) is 6.08 Å². The molecule has 0 spiro atoms. The Bertz CT molecular complexity index is 598. The molecule has 2 aliphatic rings. The molecular formula is C20H28O3. The molecule has 23 heavy (non-hydrogen) atoms. The third-order valence-electron chi connectivity index (χ3n) is 6.27. The summed E-state index contributed by atoms with van der Waals surface area (Å²) in [6.45, 7) is 10.8. The topological polar surface area (TPSA) is 53.6 Å². The molecule has 0 aliphatic heterocycles. The maximum absolute atomic E-state index is 10.8. The van der Waals surface area contributed by atoms with E-state index in [1.807, 2.05) is 12.1 Å². The normalized spacial score (nSPS) is 40.3. The highest BCUT2D eigenvalue weighted by molar-refractivity contribution is 5.49. The lowest BCUT2D eigenvalue weighted by Crippen LogP contribution is -2.59. The second-order valence-electron chi connectivity index (χ2n) is 8.23. The molecule has 0 saturated heterocycles. The first-order valence-corrected chi connectivity index (χ1v) is 8.52. The SMILES string of the molecule is C=C1C(O)C(O)C2C(C)(C)CCC[C@]2(C)[C@H]1/C=C\c1ccoc1. The zero-order chi connectivity index (χ0) is 16.8. The minimum absolute atomic E-state index is 0.00975. The van der Waals surface area contributed by atoms with Crippen molar-refractivity contribution in [1.82, 2.24) is 0 Å². The van der Waals surface area contributed by atoms with E-state index in [0.717, 1.165) is 30.4 Å². The number of aliphatic hydroxyl groups is 2. The van der Waals surface area contributed by atoms with Crippen LogP contribution in [-0.4, -0.2) is 22.4 Å². The van der Waals surface area contributed by atoms with E-state index in [4.69, 9.17) is 4.42 Å². The van der Waals surface area contributed by atoms with Crippen molar-refractivity contribution in [1.29, 1.82) is 0 Å². The quantitative estimate of drug-likeness (QED) is 0.810. The Morgan fingerprint density at radius 3 is 2.65 bits per heavy atom. The minimum atomic E-state index is -0.857. The van der Waals surface area contributed by atoms with Gasteiger partial charge in [0.25, 0.3) is 0 Å². The van der Waals surface area contributed by atoms with Crippen molar-refractivity contribution in [2.45, 2.75) is 52.2 Å². The van der Waals surface area contributed by atoms with Gasteiger partial charge in [-0.05, 0) is 41.2 Å². The van der Waals surface area contributed by atoms with Gasteiger partial charge in [-0.25, -0.2) is 0 Å². The fourth-order valence-electron chi connectivity index (χ4n) is 5.26. The molecule has 2 saturated carbocycles. The number of hydrogen-bond acceptors (Lipinski definition) is 3. The van der Waals surface area contributed by atoms with E-state index in [2.05, 4.69) is 33.4 Å². The first-order chi connectivity index (χ1) is 10.8. The average molecular weight is 316 g/mol. The fourth-order valence-corrected chi connectivity index (χ4v) is 5.26. The monoisotopic (exact) mass is 316 g/mol. The van der Waals surface area contributed by atoms with Gasteiger partial charge >= 0.3 is 0 Å². The summed E-state index contributed by atoms with van der Waals surface area (Å²) in [6, 6.07) is 1.91. The Hall–Kier alpha value is -1.32. The lowest BCUT2D eigenvalue weighted by Gasteiger charge is -2.60. The highest BCUT2D eigenvalue weighted by Gasteiger charge is 2.58. The smallest absolute Gasteiger partial charge is 0.102 e. The highest BCUT2D eigenvalue weighted by atomic mass is 16.3. The van der Waals surface area contributed by atoms with Crippen molar-refractivity contribution in [3.8, 4) is 0 Å². The lowest BCUT2D eigenvalue weighted by atomic mass is 9.46. The first-order valence-electron chi connectivity index (χ1n) is 8.52. The Morgan fingerprint density at radius 2 is 2.00 bits per heavy atom. The molecule has 1 aromatic rings. The molecule has 0 radical (unpaired) electrons. The van der Waals surface area contributed by atoms with Gasteiger partial charge in [-0.2, -0.15) is 0 Å². The average Bonchev–Trinajstić information content (AvgIpc) is 2.97. The van der Waals surface area contributed by atoms with E-state index >= 15 is 0 Å². The van der Waals surface area contributed by atoms with Crippen molar-refractivity contribution in [3.05, 3.63) is 42.4 Å². The number of allylic oxidation sites excluding steroid dienone is 1. The highest BCUT2D eigenvalue weighted by Crippen LogP contribution is 2.61. The van der Waals surface area contributed by atoms with E-state index < -0.39 is 12.2 Å². The second kappa shape index (κ2) is 5.64. The summed E-state index contributed by atoms with van der Waals surface area (Å²) in [4.78, 5) is 0. The predicted octanol–water partition coefficient (Wildman–Crippen LogP) is 4.03. The molecule has 0 amide bonds. The molecule has 3 heteroatoms. The van der Waals surface area contributed by atoms with E-state index in [9.17, 15) is 10.2 Å². The van der Waals surface area contributed by atoms with Crippen molar-refractivity contribution in [2.24, 2.45) is 22.7 Å². The molecule has 3 nitrogen and oxygen atoms in total.